The molecule has 1 saturated carbocycles. The second-order valence-corrected chi connectivity index (χ2v) is 14.6. The predicted molar refractivity (Wildman–Crippen MR) is 188 cm³/mol. The molecule has 0 saturated heterocycles. The Morgan fingerprint density at radius 3 is 2.17 bits per heavy atom. The lowest BCUT2D eigenvalue weighted by Crippen LogP contribution is -2.55. The number of nitrogens with zero attached hydrogens (tertiary/aromatic N) is 2. The molecule has 4 aromatic carbocycles. The number of rotatable bonds is 12. The first-order chi connectivity index (χ1) is 22.6. The summed E-state index contributed by atoms with van der Waals surface area (Å²) in [6.07, 6.45) is 5.31. The van der Waals surface area contributed by atoms with Gasteiger partial charge in [-0.1, -0.05) is 115 Å². The third-order valence-corrected chi connectivity index (χ3v) is 10.7. The smallest absolute Gasteiger partial charge is 0.264 e. The fraction of sp³-hybridized carbons (Fsp3) is 0.316. The Morgan fingerprint density at radius 2 is 1.49 bits per heavy atom. The lowest BCUT2D eigenvalue weighted by atomic mass is 9.94. The third kappa shape index (κ3) is 8.82. The highest BCUT2D eigenvalue weighted by molar-refractivity contribution is 7.92. The zero-order valence-corrected chi connectivity index (χ0v) is 28.5. The van der Waals surface area contributed by atoms with Crippen molar-refractivity contribution in [3.05, 3.63) is 130 Å². The van der Waals surface area contributed by atoms with Crippen molar-refractivity contribution in [2.24, 2.45) is 0 Å². The van der Waals surface area contributed by atoms with Crippen LogP contribution in [0.1, 0.15) is 54.4 Å². The van der Waals surface area contributed by atoms with E-state index in [9.17, 15) is 18.0 Å². The predicted octanol–water partition coefficient (Wildman–Crippen LogP) is 7.24. The van der Waals surface area contributed by atoms with Crippen LogP contribution in [0.3, 0.4) is 0 Å². The molecule has 47 heavy (non-hydrogen) atoms. The molecule has 0 radical (unpaired) electrons. The van der Waals surface area contributed by atoms with Crippen LogP contribution in [0.2, 0.25) is 5.02 Å². The molecule has 2 amide bonds. The van der Waals surface area contributed by atoms with Crippen LogP contribution >= 0.6 is 11.6 Å². The van der Waals surface area contributed by atoms with Crippen LogP contribution in [0, 0.1) is 13.8 Å². The number of carbonyl (C=O) groups excluding carboxylic acids is 2. The topological polar surface area (TPSA) is 86.8 Å². The lowest BCUT2D eigenvalue weighted by molar-refractivity contribution is -0.140. The number of hydrogen-bond acceptors (Lipinski definition) is 4. The molecule has 7 nitrogen and oxygen atoms in total. The highest BCUT2D eigenvalue weighted by Crippen LogP contribution is 2.30. The summed E-state index contributed by atoms with van der Waals surface area (Å²) in [6, 6.07) is 29.6. The second kappa shape index (κ2) is 15.6. The first kappa shape index (κ1) is 34.2. The van der Waals surface area contributed by atoms with Gasteiger partial charge >= 0.3 is 0 Å². The van der Waals surface area contributed by atoms with E-state index in [2.05, 4.69) is 5.32 Å². The minimum atomic E-state index is -4.20. The maximum atomic E-state index is 14.7. The largest absolute Gasteiger partial charge is 0.352 e. The summed E-state index contributed by atoms with van der Waals surface area (Å²) in [4.78, 5) is 30.6. The van der Waals surface area contributed by atoms with Gasteiger partial charge in [-0.2, -0.15) is 0 Å². The number of nitrogens with one attached hydrogen (secondary N) is 1. The van der Waals surface area contributed by atoms with Gasteiger partial charge < -0.3 is 10.2 Å². The highest BCUT2D eigenvalue weighted by Gasteiger charge is 2.36. The molecule has 1 N–H and O–H groups in total. The van der Waals surface area contributed by atoms with Crippen LogP contribution in [0.5, 0.6) is 0 Å². The molecular formula is C38H42ClN3O4S. The van der Waals surface area contributed by atoms with Crippen LogP contribution < -0.4 is 9.62 Å². The van der Waals surface area contributed by atoms with E-state index in [1.807, 2.05) is 61.5 Å². The molecule has 0 heterocycles. The molecule has 1 aliphatic carbocycles. The number of carbonyl (C=O) groups is 2. The number of hydrogen-bond donors (Lipinski definition) is 1. The quantitative estimate of drug-likeness (QED) is 0.172. The van der Waals surface area contributed by atoms with Gasteiger partial charge in [-0.05, 0) is 67.6 Å². The van der Waals surface area contributed by atoms with Gasteiger partial charge in [-0.3, -0.25) is 13.9 Å². The molecule has 0 aliphatic heterocycles. The molecule has 9 heteroatoms. The van der Waals surface area contributed by atoms with Crippen molar-refractivity contribution in [2.45, 2.75) is 75.9 Å². The van der Waals surface area contributed by atoms with Crippen molar-refractivity contribution >= 4 is 39.1 Å². The molecule has 1 atom stereocenters. The van der Waals surface area contributed by atoms with Gasteiger partial charge in [0.1, 0.15) is 12.6 Å². The summed E-state index contributed by atoms with van der Waals surface area (Å²) in [5.41, 5.74) is 3.71. The van der Waals surface area contributed by atoms with Crippen molar-refractivity contribution in [1.82, 2.24) is 10.2 Å². The minimum absolute atomic E-state index is 0.0366. The van der Waals surface area contributed by atoms with Crippen LogP contribution in [-0.2, 0) is 32.6 Å². The van der Waals surface area contributed by atoms with E-state index in [1.54, 1.807) is 48.2 Å². The summed E-state index contributed by atoms with van der Waals surface area (Å²) >= 11 is 6.38. The van der Waals surface area contributed by atoms with Gasteiger partial charge in [0, 0.05) is 24.0 Å². The van der Waals surface area contributed by atoms with Gasteiger partial charge in [0.25, 0.3) is 10.0 Å². The van der Waals surface area contributed by atoms with Crippen molar-refractivity contribution in [3.63, 3.8) is 0 Å². The summed E-state index contributed by atoms with van der Waals surface area (Å²) in [6.45, 7) is 3.36. The number of aryl methyl sites for hydroxylation is 2. The van der Waals surface area contributed by atoms with E-state index in [-0.39, 0.29) is 29.8 Å². The van der Waals surface area contributed by atoms with Crippen molar-refractivity contribution in [3.8, 4) is 0 Å². The van der Waals surface area contributed by atoms with Crippen molar-refractivity contribution in [1.29, 1.82) is 0 Å². The van der Waals surface area contributed by atoms with Crippen LogP contribution in [0.25, 0.3) is 0 Å². The molecule has 4 aromatic rings. The molecule has 1 fully saturated rings. The number of anilines is 1. The molecule has 5 rings (SSSR count). The Kier molecular flexibility index (Phi) is 11.4. The SMILES string of the molecule is Cc1cccc(CN(C(=O)CN(c2cc(Cl)ccc2C)S(=O)(=O)c2ccccc2)[C@H](Cc2ccccc2)C(=O)NC2CCCCC2)c1. The molecule has 1 aliphatic rings. The Balaban J connectivity index is 1.58. The Bertz CT molecular complexity index is 1780. The van der Waals surface area contributed by atoms with E-state index in [1.165, 1.54) is 12.1 Å². The average molecular weight is 672 g/mol. The van der Waals surface area contributed by atoms with Gasteiger partial charge in [0.15, 0.2) is 0 Å². The first-order valence-electron chi connectivity index (χ1n) is 16.1. The maximum absolute atomic E-state index is 14.7. The summed E-state index contributed by atoms with van der Waals surface area (Å²) < 4.78 is 29.6. The van der Waals surface area contributed by atoms with E-state index in [4.69, 9.17) is 11.6 Å². The second-order valence-electron chi connectivity index (χ2n) is 12.3. The van der Waals surface area contributed by atoms with Crippen molar-refractivity contribution in [2.75, 3.05) is 10.8 Å². The third-order valence-electron chi connectivity index (χ3n) is 8.71. The highest BCUT2D eigenvalue weighted by atomic mass is 35.5. The molecule has 246 valence electrons. The Morgan fingerprint density at radius 1 is 0.830 bits per heavy atom. The zero-order chi connectivity index (χ0) is 33.4. The van der Waals surface area contributed by atoms with Gasteiger partial charge in [0.05, 0.1) is 10.6 Å². The fourth-order valence-corrected chi connectivity index (χ4v) is 7.85. The standard InChI is InChI=1S/C38H42ClN3O4S/c1-28-13-12-16-31(23-28)26-41(36(24-30-14-6-3-7-15-30)38(44)40-33-17-8-4-9-18-33)37(43)27-42(35-25-32(39)22-21-29(35)2)47(45,46)34-19-10-5-11-20-34/h3,5-7,10-16,19-23,25,33,36H,4,8-9,17-18,24,26-27H2,1-2H3,(H,40,44)/t36-/m1/s1. The normalized spacial score (nSPS) is 14.3. The summed E-state index contributed by atoms with van der Waals surface area (Å²) in [7, 11) is -4.20. The maximum Gasteiger partial charge on any atom is 0.264 e. The first-order valence-corrected chi connectivity index (χ1v) is 18.0. The molecule has 0 spiro atoms. The molecule has 0 unspecified atom stereocenters. The zero-order valence-electron chi connectivity index (χ0n) is 26.9. The van der Waals surface area contributed by atoms with Gasteiger partial charge in [-0.15, -0.1) is 0 Å². The molecular weight excluding hydrogens is 630 g/mol. The van der Waals surface area contributed by atoms with Crippen LogP contribution in [0.4, 0.5) is 5.69 Å². The molecule has 0 bridgehead atoms. The van der Waals surface area contributed by atoms with E-state index < -0.39 is 28.5 Å². The van der Waals surface area contributed by atoms with Crippen LogP contribution in [0.15, 0.2) is 108 Å². The van der Waals surface area contributed by atoms with Crippen molar-refractivity contribution < 1.29 is 18.0 Å². The Labute approximate surface area is 283 Å². The van der Waals surface area contributed by atoms with Gasteiger partial charge in [-0.25, -0.2) is 8.42 Å². The molecule has 0 aromatic heterocycles. The Hall–Kier alpha value is -4.14. The number of amides is 2. The number of halogens is 1. The summed E-state index contributed by atoms with van der Waals surface area (Å²) in [5, 5.41) is 3.59. The average Bonchev–Trinajstić information content (AvgIpc) is 3.07. The monoisotopic (exact) mass is 671 g/mol. The summed E-state index contributed by atoms with van der Waals surface area (Å²) in [5.74, 6) is -0.733. The van der Waals surface area contributed by atoms with E-state index in [0.717, 1.165) is 53.1 Å². The fourth-order valence-electron chi connectivity index (χ4n) is 6.19. The number of sulfonamides is 1. The number of benzene rings is 4. The minimum Gasteiger partial charge on any atom is -0.352 e. The van der Waals surface area contributed by atoms with E-state index >= 15 is 0 Å². The van der Waals surface area contributed by atoms with Gasteiger partial charge in [0.2, 0.25) is 11.8 Å². The van der Waals surface area contributed by atoms with E-state index in [0.29, 0.717) is 16.3 Å². The van der Waals surface area contributed by atoms with Crippen LogP contribution in [-0.4, -0.2) is 43.8 Å². The lowest BCUT2D eigenvalue weighted by Gasteiger charge is -2.35.